The van der Waals surface area contributed by atoms with E-state index < -0.39 is 12.6 Å². The van der Waals surface area contributed by atoms with Crippen LogP contribution in [0.4, 0.5) is 0 Å². The van der Waals surface area contributed by atoms with Crippen LogP contribution in [0, 0.1) is 0 Å². The molecular weight excluding hydrogens is 328 g/mol. The summed E-state index contributed by atoms with van der Waals surface area (Å²) in [4.78, 5) is 0. The molecule has 9 nitrogen and oxygen atoms in total. The summed E-state index contributed by atoms with van der Waals surface area (Å²) < 4.78 is 28.2. The van der Waals surface area contributed by atoms with Gasteiger partial charge in [-0.15, -0.1) is 0 Å². The topological polar surface area (TPSA) is 150 Å². The molecule has 0 aromatic heterocycles. The molecule has 0 rings (SSSR count). The molecule has 0 saturated heterocycles. The predicted molar refractivity (Wildman–Crippen MR) is 96.9 cm³/mol. The Bertz CT molecular complexity index is 221. The summed E-state index contributed by atoms with van der Waals surface area (Å²) >= 11 is 0. The third kappa shape index (κ3) is 16.8. The average Bonchev–Trinajstić information content (AvgIpc) is 2.61. The zero-order valence-corrected chi connectivity index (χ0v) is 15.4. The highest BCUT2D eigenvalue weighted by atomic mass is 16.7. The minimum Gasteiger partial charge on any atom is -0.371 e. The van der Waals surface area contributed by atoms with Crippen molar-refractivity contribution in [1.82, 2.24) is 0 Å². The Kier molecular flexibility index (Phi) is 19.7. The van der Waals surface area contributed by atoms with Gasteiger partial charge in [0, 0.05) is 0 Å². The van der Waals surface area contributed by atoms with Crippen molar-refractivity contribution in [1.29, 1.82) is 0 Å². The average molecular weight is 367 g/mol. The first-order valence-corrected chi connectivity index (χ1v) is 9.12. The maximum absolute atomic E-state index is 5.66. The van der Waals surface area contributed by atoms with Crippen LogP contribution in [-0.4, -0.2) is 78.4 Å². The van der Waals surface area contributed by atoms with Crippen molar-refractivity contribution in [3.05, 3.63) is 0 Å². The lowest BCUT2D eigenvalue weighted by Crippen LogP contribution is -2.30. The monoisotopic (exact) mass is 366 g/mol. The summed E-state index contributed by atoms with van der Waals surface area (Å²) in [6.45, 7) is 4.95. The van der Waals surface area contributed by atoms with Crippen molar-refractivity contribution < 1.29 is 23.7 Å². The lowest BCUT2D eigenvalue weighted by atomic mass is 10.4. The fourth-order valence-electron chi connectivity index (χ4n) is 1.74. The second-order valence-electron chi connectivity index (χ2n) is 5.45. The number of hydrogen-bond acceptors (Lipinski definition) is 9. The van der Waals surface area contributed by atoms with E-state index in [2.05, 4.69) is 0 Å². The van der Waals surface area contributed by atoms with Gasteiger partial charge in [-0.05, 0) is 51.9 Å². The quantitative estimate of drug-likeness (QED) is 0.159. The van der Waals surface area contributed by atoms with Gasteiger partial charge in [0.25, 0.3) is 0 Å². The maximum Gasteiger partial charge on any atom is 0.180 e. The van der Waals surface area contributed by atoms with Gasteiger partial charge in [-0.1, -0.05) is 0 Å². The van der Waals surface area contributed by atoms with Crippen LogP contribution in [-0.2, 0) is 23.7 Å². The van der Waals surface area contributed by atoms with Crippen molar-refractivity contribution in [3.8, 4) is 0 Å². The van der Waals surface area contributed by atoms with Crippen molar-refractivity contribution in [2.45, 2.75) is 38.3 Å². The Balaban J connectivity index is 4.13. The first kappa shape index (κ1) is 24.6. The van der Waals surface area contributed by atoms with E-state index in [0.29, 0.717) is 52.6 Å². The highest BCUT2D eigenvalue weighted by Gasteiger charge is 2.14. The minimum absolute atomic E-state index is 0.284. The normalized spacial score (nSPS) is 11.8. The van der Waals surface area contributed by atoms with Gasteiger partial charge in [0.1, 0.15) is 0 Å². The fraction of sp³-hybridized carbons (Fsp3) is 1.00. The number of hydrogen-bond donors (Lipinski definition) is 4. The summed E-state index contributed by atoms with van der Waals surface area (Å²) in [6, 6.07) is 0. The lowest BCUT2D eigenvalue weighted by Gasteiger charge is -2.22. The van der Waals surface area contributed by atoms with Crippen LogP contribution in [0.25, 0.3) is 0 Å². The van der Waals surface area contributed by atoms with E-state index in [1.165, 1.54) is 0 Å². The number of nitrogens with two attached hydrogens (primary N) is 4. The molecule has 0 bridgehead atoms. The first-order chi connectivity index (χ1) is 12.3. The molecule has 0 saturated carbocycles. The molecule has 0 amide bonds. The van der Waals surface area contributed by atoms with E-state index in [0.717, 1.165) is 25.7 Å². The fourth-order valence-corrected chi connectivity index (χ4v) is 1.74. The Morgan fingerprint density at radius 1 is 0.480 bits per heavy atom. The van der Waals surface area contributed by atoms with Crippen molar-refractivity contribution in [3.63, 3.8) is 0 Å². The van der Waals surface area contributed by atoms with Gasteiger partial charge in [-0.25, -0.2) is 0 Å². The summed E-state index contributed by atoms with van der Waals surface area (Å²) in [5, 5.41) is 0. The molecule has 0 fully saturated rings. The second-order valence-corrected chi connectivity index (χ2v) is 5.45. The summed E-state index contributed by atoms with van der Waals surface area (Å²) in [5.41, 5.74) is 21.9. The Morgan fingerprint density at radius 2 is 0.760 bits per heavy atom. The molecule has 9 heteroatoms. The predicted octanol–water partition coefficient (Wildman–Crippen LogP) is -0.883. The third-order valence-electron chi connectivity index (χ3n) is 3.12. The van der Waals surface area contributed by atoms with Gasteiger partial charge in [0.2, 0.25) is 0 Å². The third-order valence-corrected chi connectivity index (χ3v) is 3.12. The zero-order valence-electron chi connectivity index (χ0n) is 15.4. The molecular formula is C16H38N4O5. The van der Waals surface area contributed by atoms with E-state index in [1.54, 1.807) is 0 Å². The van der Waals surface area contributed by atoms with E-state index >= 15 is 0 Å². The van der Waals surface area contributed by atoms with E-state index in [1.807, 2.05) is 0 Å². The van der Waals surface area contributed by atoms with Crippen molar-refractivity contribution in [2.24, 2.45) is 22.9 Å². The van der Waals surface area contributed by atoms with Crippen molar-refractivity contribution in [2.75, 3.05) is 65.8 Å². The van der Waals surface area contributed by atoms with Crippen LogP contribution in [0.3, 0.4) is 0 Å². The van der Waals surface area contributed by atoms with Gasteiger partial charge in [-0.2, -0.15) is 0 Å². The molecule has 0 aliphatic rings. The van der Waals surface area contributed by atoms with E-state index in [-0.39, 0.29) is 13.2 Å². The van der Waals surface area contributed by atoms with Crippen LogP contribution in [0.5, 0.6) is 0 Å². The number of ether oxygens (including phenoxy) is 5. The number of rotatable bonds is 20. The highest BCUT2D eigenvalue weighted by Crippen LogP contribution is 2.03. The van der Waals surface area contributed by atoms with Gasteiger partial charge in [0.05, 0.1) is 39.6 Å². The molecule has 0 radical (unpaired) electrons. The van der Waals surface area contributed by atoms with E-state index in [4.69, 9.17) is 46.6 Å². The zero-order chi connectivity index (χ0) is 18.6. The molecule has 0 atom stereocenters. The largest absolute Gasteiger partial charge is 0.371 e. The van der Waals surface area contributed by atoms with Crippen LogP contribution < -0.4 is 22.9 Å². The molecule has 0 spiro atoms. The van der Waals surface area contributed by atoms with Gasteiger partial charge in [-0.3, -0.25) is 0 Å². The maximum atomic E-state index is 5.66. The minimum atomic E-state index is -0.452. The second kappa shape index (κ2) is 20.0. The molecule has 25 heavy (non-hydrogen) atoms. The Morgan fingerprint density at radius 3 is 1.00 bits per heavy atom. The SMILES string of the molecule is NCCCOC(COCC(OCCCN)OCCCN)OCCCN. The smallest absolute Gasteiger partial charge is 0.180 e. The van der Waals surface area contributed by atoms with Crippen LogP contribution in [0.2, 0.25) is 0 Å². The van der Waals surface area contributed by atoms with Crippen LogP contribution in [0.15, 0.2) is 0 Å². The molecule has 8 N–H and O–H groups in total. The standard InChI is InChI=1S/C16H38N4O5/c17-5-1-9-22-15(23-10-2-6-18)13-21-14-16(24-11-3-7-19)25-12-4-8-20/h15-16H,1-14,17-20H2. The molecule has 0 aliphatic heterocycles. The highest BCUT2D eigenvalue weighted by molar-refractivity contribution is 4.50. The van der Waals surface area contributed by atoms with E-state index in [9.17, 15) is 0 Å². The van der Waals surface area contributed by atoms with Crippen molar-refractivity contribution >= 4 is 0 Å². The molecule has 0 aromatic rings. The molecule has 152 valence electrons. The molecule has 0 unspecified atom stereocenters. The molecule has 0 heterocycles. The van der Waals surface area contributed by atoms with Crippen LogP contribution in [0.1, 0.15) is 25.7 Å². The Labute approximate surface area is 151 Å². The first-order valence-electron chi connectivity index (χ1n) is 9.12. The van der Waals surface area contributed by atoms with Gasteiger partial charge in [0.15, 0.2) is 12.6 Å². The Hall–Kier alpha value is -0.360. The summed E-state index contributed by atoms with van der Waals surface area (Å²) in [7, 11) is 0. The molecule has 0 aromatic carbocycles. The van der Waals surface area contributed by atoms with Gasteiger partial charge < -0.3 is 46.6 Å². The lowest BCUT2D eigenvalue weighted by molar-refractivity contribution is -0.206. The van der Waals surface area contributed by atoms with Crippen LogP contribution >= 0.6 is 0 Å². The summed E-state index contributed by atoms with van der Waals surface area (Å²) in [6.07, 6.45) is 2.17. The molecule has 0 aliphatic carbocycles. The summed E-state index contributed by atoms with van der Waals surface area (Å²) in [5.74, 6) is 0. The van der Waals surface area contributed by atoms with Gasteiger partial charge >= 0.3 is 0 Å².